The molecule has 0 bridgehead atoms. The number of methoxy groups -OCH3 is 1. The van der Waals surface area contributed by atoms with Gasteiger partial charge < -0.3 is 9.64 Å². The summed E-state index contributed by atoms with van der Waals surface area (Å²) in [5.74, 6) is -0.124. The second kappa shape index (κ2) is 8.17. The van der Waals surface area contributed by atoms with Gasteiger partial charge in [-0.25, -0.2) is 4.79 Å². The van der Waals surface area contributed by atoms with Gasteiger partial charge in [0.05, 0.1) is 13.2 Å². The Kier molecular flexibility index (Phi) is 5.93. The first kappa shape index (κ1) is 18.2. The van der Waals surface area contributed by atoms with Crippen LogP contribution in [0.1, 0.15) is 18.4 Å². The Morgan fingerprint density at radius 2 is 1.92 bits per heavy atom. The van der Waals surface area contributed by atoms with Crippen molar-refractivity contribution in [2.45, 2.75) is 25.4 Å². The number of piperidine rings is 1. The summed E-state index contributed by atoms with van der Waals surface area (Å²) in [7, 11) is 1.57. The Balaban J connectivity index is 1.53. The number of imide groups is 1. The summed E-state index contributed by atoms with van der Waals surface area (Å²) in [5, 5.41) is 0.790. The van der Waals surface area contributed by atoms with Gasteiger partial charge in [0, 0.05) is 37.8 Å². The molecule has 3 rings (SSSR count). The van der Waals surface area contributed by atoms with Crippen molar-refractivity contribution in [3.05, 3.63) is 34.9 Å². The van der Waals surface area contributed by atoms with Gasteiger partial charge in [0.2, 0.25) is 5.91 Å². The highest BCUT2D eigenvalue weighted by Crippen LogP contribution is 2.24. The van der Waals surface area contributed by atoms with E-state index in [9.17, 15) is 9.59 Å². The first-order valence-electron chi connectivity index (χ1n) is 8.66. The molecular formula is C18H24ClN3O3. The minimum atomic E-state index is -0.174. The van der Waals surface area contributed by atoms with Crippen LogP contribution in [-0.4, -0.2) is 72.6 Å². The van der Waals surface area contributed by atoms with E-state index >= 15 is 0 Å². The van der Waals surface area contributed by atoms with Gasteiger partial charge >= 0.3 is 6.03 Å². The number of hydrogen-bond acceptors (Lipinski definition) is 4. The molecule has 0 atom stereocenters. The molecule has 3 amide bonds. The highest BCUT2D eigenvalue weighted by Gasteiger charge is 2.40. The first-order valence-corrected chi connectivity index (χ1v) is 9.03. The van der Waals surface area contributed by atoms with Crippen LogP contribution in [0, 0.1) is 0 Å². The lowest BCUT2D eigenvalue weighted by Gasteiger charge is -2.36. The van der Waals surface area contributed by atoms with E-state index in [1.54, 1.807) is 12.0 Å². The first-order chi connectivity index (χ1) is 12.1. The van der Waals surface area contributed by atoms with Crippen molar-refractivity contribution in [3.63, 3.8) is 0 Å². The van der Waals surface area contributed by atoms with Crippen LogP contribution in [0.2, 0.25) is 5.02 Å². The van der Waals surface area contributed by atoms with Crippen molar-refractivity contribution in [3.8, 4) is 0 Å². The summed E-state index contributed by atoms with van der Waals surface area (Å²) in [6.07, 6.45) is 1.75. The third kappa shape index (κ3) is 4.14. The van der Waals surface area contributed by atoms with E-state index in [0.29, 0.717) is 13.2 Å². The summed E-state index contributed by atoms with van der Waals surface area (Å²) in [6, 6.07) is 7.84. The maximum Gasteiger partial charge on any atom is 0.327 e. The van der Waals surface area contributed by atoms with E-state index in [-0.39, 0.29) is 24.5 Å². The number of rotatable bonds is 6. The van der Waals surface area contributed by atoms with Crippen LogP contribution in [0.3, 0.4) is 0 Å². The standard InChI is InChI=1S/C18H24ClN3O3/c1-25-11-10-21-17(23)13-22(18(21)24)15-6-8-20(9-7-15)12-14-4-2-3-5-16(14)19/h2-5,15H,6-13H2,1H3. The minimum absolute atomic E-state index is 0.124. The summed E-state index contributed by atoms with van der Waals surface area (Å²) < 4.78 is 4.98. The van der Waals surface area contributed by atoms with Crippen LogP contribution in [0.5, 0.6) is 0 Å². The second-order valence-electron chi connectivity index (χ2n) is 6.55. The molecule has 1 aromatic carbocycles. The summed E-state index contributed by atoms with van der Waals surface area (Å²) in [5.41, 5.74) is 1.13. The van der Waals surface area contributed by atoms with Gasteiger partial charge in [-0.15, -0.1) is 0 Å². The van der Waals surface area contributed by atoms with Crippen LogP contribution in [-0.2, 0) is 16.1 Å². The number of halogens is 1. The zero-order chi connectivity index (χ0) is 17.8. The minimum Gasteiger partial charge on any atom is -0.383 e. The van der Waals surface area contributed by atoms with Crippen molar-refractivity contribution < 1.29 is 14.3 Å². The molecule has 0 spiro atoms. The number of amides is 3. The van der Waals surface area contributed by atoms with Crippen molar-refractivity contribution in [1.29, 1.82) is 0 Å². The molecule has 2 fully saturated rings. The zero-order valence-electron chi connectivity index (χ0n) is 14.5. The largest absolute Gasteiger partial charge is 0.383 e. The number of urea groups is 1. The monoisotopic (exact) mass is 365 g/mol. The quantitative estimate of drug-likeness (QED) is 0.725. The van der Waals surface area contributed by atoms with Crippen molar-refractivity contribution in [2.24, 2.45) is 0 Å². The fraction of sp³-hybridized carbons (Fsp3) is 0.556. The van der Waals surface area contributed by atoms with Gasteiger partial charge in [0.1, 0.15) is 6.54 Å². The number of carbonyl (C=O) groups excluding carboxylic acids is 2. The molecule has 0 unspecified atom stereocenters. The molecule has 7 heteroatoms. The van der Waals surface area contributed by atoms with Gasteiger partial charge in [0.25, 0.3) is 0 Å². The number of benzene rings is 1. The van der Waals surface area contributed by atoms with Gasteiger partial charge in [0.15, 0.2) is 0 Å². The fourth-order valence-electron chi connectivity index (χ4n) is 3.51. The molecule has 136 valence electrons. The Morgan fingerprint density at radius 1 is 1.20 bits per heavy atom. The molecule has 2 aliphatic rings. The summed E-state index contributed by atoms with van der Waals surface area (Å²) in [6.45, 7) is 3.51. The molecule has 1 aromatic rings. The van der Waals surface area contributed by atoms with Crippen LogP contribution < -0.4 is 0 Å². The van der Waals surface area contributed by atoms with Gasteiger partial charge in [-0.05, 0) is 24.5 Å². The SMILES string of the molecule is COCCN1C(=O)CN(C2CCN(Cc3ccccc3Cl)CC2)C1=O. The molecule has 0 aliphatic carbocycles. The number of ether oxygens (including phenoxy) is 1. The topological polar surface area (TPSA) is 53.1 Å². The Labute approximate surface area is 153 Å². The number of nitrogens with zero attached hydrogens (tertiary/aromatic N) is 3. The zero-order valence-corrected chi connectivity index (χ0v) is 15.2. The molecule has 2 heterocycles. The van der Waals surface area contributed by atoms with Crippen LogP contribution in [0.25, 0.3) is 0 Å². The third-order valence-electron chi connectivity index (χ3n) is 4.95. The van der Waals surface area contributed by atoms with Gasteiger partial charge in [-0.2, -0.15) is 0 Å². The van der Waals surface area contributed by atoms with Crippen LogP contribution in [0.15, 0.2) is 24.3 Å². The molecule has 0 N–H and O–H groups in total. The smallest absolute Gasteiger partial charge is 0.327 e. The Bertz CT molecular complexity index is 632. The normalized spacial score (nSPS) is 19.9. The average molecular weight is 366 g/mol. The summed E-state index contributed by atoms with van der Waals surface area (Å²) in [4.78, 5) is 29.9. The van der Waals surface area contributed by atoms with E-state index in [2.05, 4.69) is 4.90 Å². The third-order valence-corrected chi connectivity index (χ3v) is 5.32. The van der Waals surface area contributed by atoms with Crippen molar-refractivity contribution in [1.82, 2.24) is 14.7 Å². The predicted molar refractivity (Wildman–Crippen MR) is 95.4 cm³/mol. The maximum absolute atomic E-state index is 12.5. The Hall–Kier alpha value is -1.63. The lowest BCUT2D eigenvalue weighted by molar-refractivity contribution is -0.125. The molecule has 0 radical (unpaired) electrons. The average Bonchev–Trinajstić information content (AvgIpc) is 2.90. The van der Waals surface area contributed by atoms with E-state index in [1.165, 1.54) is 4.90 Å². The fourth-order valence-corrected chi connectivity index (χ4v) is 3.70. The molecule has 25 heavy (non-hydrogen) atoms. The maximum atomic E-state index is 12.5. The molecule has 2 aliphatic heterocycles. The lowest BCUT2D eigenvalue weighted by Crippen LogP contribution is -2.46. The predicted octanol–water partition coefficient (Wildman–Crippen LogP) is 2.21. The van der Waals surface area contributed by atoms with Crippen molar-refractivity contribution >= 4 is 23.5 Å². The van der Waals surface area contributed by atoms with E-state index in [0.717, 1.165) is 43.1 Å². The molecular weight excluding hydrogens is 342 g/mol. The number of carbonyl (C=O) groups is 2. The Morgan fingerprint density at radius 3 is 2.60 bits per heavy atom. The number of hydrogen-bond donors (Lipinski definition) is 0. The van der Waals surface area contributed by atoms with Crippen molar-refractivity contribution in [2.75, 3.05) is 39.9 Å². The summed E-state index contributed by atoms with van der Waals surface area (Å²) >= 11 is 6.24. The lowest BCUT2D eigenvalue weighted by atomic mass is 10.0. The van der Waals surface area contributed by atoms with E-state index in [4.69, 9.17) is 16.3 Å². The highest BCUT2D eigenvalue weighted by atomic mass is 35.5. The molecule has 0 saturated carbocycles. The number of likely N-dealkylation sites (tertiary alicyclic amines) is 1. The van der Waals surface area contributed by atoms with Gasteiger partial charge in [-0.1, -0.05) is 29.8 Å². The molecule has 0 aromatic heterocycles. The van der Waals surface area contributed by atoms with E-state index in [1.807, 2.05) is 24.3 Å². The van der Waals surface area contributed by atoms with Crippen LogP contribution >= 0.6 is 11.6 Å². The molecule has 6 nitrogen and oxygen atoms in total. The van der Waals surface area contributed by atoms with Gasteiger partial charge in [-0.3, -0.25) is 14.6 Å². The highest BCUT2D eigenvalue weighted by molar-refractivity contribution is 6.31. The van der Waals surface area contributed by atoms with Crippen LogP contribution in [0.4, 0.5) is 4.79 Å². The second-order valence-corrected chi connectivity index (χ2v) is 6.95. The molecule has 2 saturated heterocycles. The van der Waals surface area contributed by atoms with E-state index < -0.39 is 0 Å².